The van der Waals surface area contributed by atoms with Gasteiger partial charge in [-0.1, -0.05) is 6.07 Å². The van der Waals surface area contributed by atoms with Crippen LogP contribution in [0.2, 0.25) is 0 Å². The van der Waals surface area contributed by atoms with Gasteiger partial charge in [-0.05, 0) is 73.8 Å². The van der Waals surface area contributed by atoms with Crippen molar-refractivity contribution in [3.63, 3.8) is 0 Å². The number of hydrogen-bond acceptors (Lipinski definition) is 3. The summed E-state index contributed by atoms with van der Waals surface area (Å²) in [6.45, 7) is 8.24. The molecule has 0 saturated carbocycles. The SMILES string of the molecule is CN1C(=O)CCc2c1ccc(B1OC(C)(C)C(C)(C)O1)c2I. The molecule has 4 nitrogen and oxygen atoms in total. The molecule has 0 atom stereocenters. The highest BCUT2D eigenvalue weighted by Crippen LogP contribution is 2.38. The summed E-state index contributed by atoms with van der Waals surface area (Å²) in [7, 11) is 1.48. The largest absolute Gasteiger partial charge is 0.495 e. The molecule has 6 heteroatoms. The molecule has 2 aliphatic heterocycles. The van der Waals surface area contributed by atoms with Crippen LogP contribution < -0.4 is 10.4 Å². The summed E-state index contributed by atoms with van der Waals surface area (Å²) < 4.78 is 13.5. The van der Waals surface area contributed by atoms with E-state index in [1.165, 1.54) is 5.56 Å². The summed E-state index contributed by atoms with van der Waals surface area (Å²) in [4.78, 5) is 13.6. The number of carbonyl (C=O) groups excluding carboxylic acids is 1. The Morgan fingerprint density at radius 3 is 2.32 bits per heavy atom. The third-order valence-electron chi connectivity index (χ3n) is 5.08. The zero-order chi connectivity index (χ0) is 16.3. The predicted molar refractivity (Wildman–Crippen MR) is 96.6 cm³/mol. The van der Waals surface area contributed by atoms with Crippen molar-refractivity contribution in [2.24, 2.45) is 0 Å². The van der Waals surface area contributed by atoms with Gasteiger partial charge in [-0.2, -0.15) is 0 Å². The van der Waals surface area contributed by atoms with Crippen LogP contribution in [0, 0.1) is 3.57 Å². The number of amides is 1. The number of benzene rings is 1. The van der Waals surface area contributed by atoms with Gasteiger partial charge in [0.25, 0.3) is 0 Å². The lowest BCUT2D eigenvalue weighted by Crippen LogP contribution is -2.41. The van der Waals surface area contributed by atoms with Gasteiger partial charge in [0.05, 0.1) is 11.2 Å². The molecule has 1 fully saturated rings. The minimum absolute atomic E-state index is 0.173. The normalized spacial score (nSPS) is 22.9. The van der Waals surface area contributed by atoms with Crippen molar-refractivity contribution in [3.8, 4) is 0 Å². The van der Waals surface area contributed by atoms with Crippen LogP contribution in [0.4, 0.5) is 5.69 Å². The maximum absolute atomic E-state index is 11.9. The number of hydrogen-bond donors (Lipinski definition) is 0. The summed E-state index contributed by atoms with van der Waals surface area (Å²) >= 11 is 2.36. The molecular weight excluding hydrogens is 392 g/mol. The van der Waals surface area contributed by atoms with Crippen molar-refractivity contribution in [3.05, 3.63) is 21.3 Å². The van der Waals surface area contributed by atoms with Crippen molar-refractivity contribution >= 4 is 46.8 Å². The first-order valence-corrected chi connectivity index (χ1v) is 8.65. The molecule has 1 amide bonds. The summed E-state index contributed by atoms with van der Waals surface area (Å²) in [5.41, 5.74) is 2.59. The molecular formula is C16H21BINO3. The van der Waals surface area contributed by atoms with E-state index < -0.39 is 0 Å². The fourth-order valence-corrected chi connectivity index (χ4v) is 3.85. The number of nitrogens with zero attached hydrogens (tertiary/aromatic N) is 1. The second-order valence-electron chi connectivity index (χ2n) is 7.01. The third kappa shape index (κ3) is 2.39. The molecule has 0 unspecified atom stereocenters. The van der Waals surface area contributed by atoms with Crippen LogP contribution in [-0.2, 0) is 20.5 Å². The van der Waals surface area contributed by atoms with E-state index in [1.54, 1.807) is 4.90 Å². The van der Waals surface area contributed by atoms with E-state index in [0.29, 0.717) is 6.42 Å². The van der Waals surface area contributed by atoms with Gasteiger partial charge in [0.2, 0.25) is 5.91 Å². The Labute approximate surface area is 145 Å². The first-order valence-electron chi connectivity index (χ1n) is 7.57. The van der Waals surface area contributed by atoms with Crippen LogP contribution in [-0.4, -0.2) is 31.3 Å². The Bertz CT molecular complexity index is 629. The maximum atomic E-state index is 11.9. The zero-order valence-corrected chi connectivity index (χ0v) is 15.9. The minimum Gasteiger partial charge on any atom is -0.399 e. The first kappa shape index (κ1) is 16.3. The van der Waals surface area contributed by atoms with Gasteiger partial charge in [-0.25, -0.2) is 0 Å². The average molecular weight is 413 g/mol. The standard InChI is InChI=1S/C16H21BINO3/c1-15(2)16(3,4)22-17(21-15)11-7-8-12-10(14(11)18)6-9-13(20)19(12)5/h7-8H,6,9H2,1-5H3. The Morgan fingerprint density at radius 2 is 1.73 bits per heavy atom. The van der Waals surface area contributed by atoms with Gasteiger partial charge in [-0.15, -0.1) is 0 Å². The van der Waals surface area contributed by atoms with Crippen molar-refractivity contribution in [2.45, 2.75) is 51.7 Å². The van der Waals surface area contributed by atoms with Gasteiger partial charge in [0, 0.05) is 22.7 Å². The van der Waals surface area contributed by atoms with Crippen molar-refractivity contribution in [2.75, 3.05) is 11.9 Å². The minimum atomic E-state index is -0.356. The molecule has 2 heterocycles. The van der Waals surface area contributed by atoms with E-state index in [2.05, 4.69) is 50.3 Å². The van der Waals surface area contributed by atoms with Crippen molar-refractivity contribution in [1.29, 1.82) is 0 Å². The molecule has 0 spiro atoms. The number of carbonyl (C=O) groups is 1. The Balaban J connectivity index is 2.00. The van der Waals surface area contributed by atoms with Crippen molar-refractivity contribution < 1.29 is 14.1 Å². The lowest BCUT2D eigenvalue weighted by Gasteiger charge is -2.32. The molecule has 0 aliphatic carbocycles. The second-order valence-corrected chi connectivity index (χ2v) is 8.09. The monoisotopic (exact) mass is 413 g/mol. The summed E-state index contributed by atoms with van der Waals surface area (Å²) in [5.74, 6) is 0.173. The Morgan fingerprint density at radius 1 is 1.14 bits per heavy atom. The number of rotatable bonds is 1. The molecule has 3 rings (SSSR count). The summed E-state index contributed by atoms with van der Waals surface area (Å²) in [5, 5.41) is 0. The highest BCUT2D eigenvalue weighted by Gasteiger charge is 2.52. The molecule has 1 aromatic rings. The predicted octanol–water partition coefficient (Wildman–Crippen LogP) is 2.50. The maximum Gasteiger partial charge on any atom is 0.495 e. The lowest BCUT2D eigenvalue weighted by molar-refractivity contribution is -0.118. The lowest BCUT2D eigenvalue weighted by atomic mass is 9.77. The highest BCUT2D eigenvalue weighted by molar-refractivity contribution is 14.1. The van der Waals surface area contributed by atoms with Crippen LogP contribution >= 0.6 is 22.6 Å². The summed E-state index contributed by atoms with van der Waals surface area (Å²) in [6, 6.07) is 4.03. The first-order chi connectivity index (χ1) is 10.1. The number of anilines is 1. The van der Waals surface area contributed by atoms with E-state index in [4.69, 9.17) is 9.31 Å². The van der Waals surface area contributed by atoms with Crippen LogP contribution in [0.15, 0.2) is 12.1 Å². The van der Waals surface area contributed by atoms with Crippen LogP contribution in [0.3, 0.4) is 0 Å². The average Bonchev–Trinajstić information content (AvgIpc) is 2.63. The molecule has 1 aromatic carbocycles. The topological polar surface area (TPSA) is 38.8 Å². The van der Waals surface area contributed by atoms with E-state index in [0.717, 1.165) is 21.1 Å². The molecule has 0 bridgehead atoms. The molecule has 118 valence electrons. The Kier molecular flexibility index (Phi) is 3.85. The Hall–Kier alpha value is -0.595. The smallest absolute Gasteiger partial charge is 0.399 e. The van der Waals surface area contributed by atoms with Crippen LogP contribution in [0.25, 0.3) is 0 Å². The van der Waals surface area contributed by atoms with E-state index >= 15 is 0 Å². The van der Waals surface area contributed by atoms with E-state index in [1.807, 2.05) is 19.2 Å². The van der Waals surface area contributed by atoms with Crippen molar-refractivity contribution in [1.82, 2.24) is 0 Å². The van der Waals surface area contributed by atoms with Crippen LogP contribution in [0.1, 0.15) is 39.7 Å². The fourth-order valence-electron chi connectivity index (χ4n) is 2.87. The van der Waals surface area contributed by atoms with Gasteiger partial charge in [0.1, 0.15) is 0 Å². The summed E-state index contributed by atoms with van der Waals surface area (Å²) in [6.07, 6.45) is 1.34. The van der Waals surface area contributed by atoms with E-state index in [9.17, 15) is 4.79 Å². The van der Waals surface area contributed by atoms with Gasteiger partial charge >= 0.3 is 7.12 Å². The highest BCUT2D eigenvalue weighted by atomic mass is 127. The zero-order valence-electron chi connectivity index (χ0n) is 13.7. The molecule has 2 aliphatic rings. The third-order valence-corrected chi connectivity index (χ3v) is 6.35. The number of fused-ring (bicyclic) bond motifs is 1. The molecule has 1 saturated heterocycles. The molecule has 0 radical (unpaired) electrons. The number of halogens is 1. The molecule has 22 heavy (non-hydrogen) atoms. The van der Waals surface area contributed by atoms with Gasteiger partial charge < -0.3 is 14.2 Å². The quantitative estimate of drug-likeness (QED) is 0.525. The molecule has 0 N–H and O–H groups in total. The van der Waals surface area contributed by atoms with Crippen LogP contribution in [0.5, 0.6) is 0 Å². The van der Waals surface area contributed by atoms with Gasteiger partial charge in [-0.3, -0.25) is 4.79 Å². The fraction of sp³-hybridized carbons (Fsp3) is 0.562. The molecule has 0 aromatic heterocycles. The second kappa shape index (κ2) is 5.21. The van der Waals surface area contributed by atoms with E-state index in [-0.39, 0.29) is 24.2 Å². The van der Waals surface area contributed by atoms with Gasteiger partial charge in [0.15, 0.2) is 0 Å².